The van der Waals surface area contributed by atoms with E-state index in [0.717, 1.165) is 27.8 Å². The first-order valence-electron chi connectivity index (χ1n) is 5.58. The van der Waals surface area contributed by atoms with Crippen molar-refractivity contribution in [3.8, 4) is 0 Å². The van der Waals surface area contributed by atoms with Crippen LogP contribution >= 0.6 is 39.3 Å². The van der Waals surface area contributed by atoms with E-state index in [0.29, 0.717) is 10.7 Å². The fourth-order valence-corrected chi connectivity index (χ4v) is 3.23. The summed E-state index contributed by atoms with van der Waals surface area (Å²) in [4.78, 5) is 12.6. The van der Waals surface area contributed by atoms with Crippen molar-refractivity contribution < 1.29 is 4.79 Å². The number of halogens is 2. The molecule has 2 nitrogen and oxygen atoms in total. The molecule has 5 heteroatoms. The van der Waals surface area contributed by atoms with Crippen molar-refractivity contribution in [2.45, 2.75) is 17.7 Å². The van der Waals surface area contributed by atoms with Gasteiger partial charge in [0.2, 0.25) is 0 Å². The topological polar surface area (TPSA) is 43.1 Å². The van der Waals surface area contributed by atoms with E-state index >= 15 is 0 Å². The number of carbonyl (C=O) groups is 1. The minimum absolute atomic E-state index is 0.124. The van der Waals surface area contributed by atoms with Crippen molar-refractivity contribution in [1.82, 2.24) is 0 Å². The quantitative estimate of drug-likeness (QED) is 0.659. The largest absolute Gasteiger partial charge is 0.398 e. The molecule has 1 aliphatic carbocycles. The number of thioether (sulfide) groups is 1. The Morgan fingerprint density at radius 1 is 1.56 bits per heavy atom. The predicted octanol–water partition coefficient (Wildman–Crippen LogP) is 4.10. The second kappa shape index (κ2) is 5.68. The molecule has 0 spiro atoms. The van der Waals surface area contributed by atoms with Crippen molar-refractivity contribution in [2.24, 2.45) is 11.7 Å². The van der Waals surface area contributed by atoms with Crippen molar-refractivity contribution in [2.75, 3.05) is 6.26 Å². The summed E-state index contributed by atoms with van der Waals surface area (Å²) in [6, 6.07) is 3.73. The molecular weight excluding hydrogens is 334 g/mol. The van der Waals surface area contributed by atoms with E-state index in [1.165, 1.54) is 17.8 Å². The first-order valence-corrected chi connectivity index (χ1v) is 7.97. The van der Waals surface area contributed by atoms with Gasteiger partial charge in [-0.15, -0.1) is 11.8 Å². The second-order valence-electron chi connectivity index (χ2n) is 4.22. The Kier molecular flexibility index (Phi) is 4.41. The van der Waals surface area contributed by atoms with Crippen molar-refractivity contribution in [3.05, 3.63) is 33.3 Å². The van der Waals surface area contributed by atoms with Crippen LogP contribution in [0.5, 0.6) is 0 Å². The molecule has 0 atom stereocenters. The van der Waals surface area contributed by atoms with Crippen molar-refractivity contribution in [1.29, 1.82) is 0 Å². The highest BCUT2D eigenvalue weighted by molar-refractivity contribution is 9.10. The fourth-order valence-electron chi connectivity index (χ4n) is 1.68. The Labute approximate surface area is 124 Å². The number of hydrogen-bond donors (Lipinski definition) is 1. The van der Waals surface area contributed by atoms with Gasteiger partial charge in [-0.1, -0.05) is 17.7 Å². The van der Waals surface area contributed by atoms with Gasteiger partial charge in [0.1, 0.15) is 0 Å². The first kappa shape index (κ1) is 14.0. The van der Waals surface area contributed by atoms with Crippen LogP contribution in [0.4, 0.5) is 0 Å². The summed E-state index contributed by atoms with van der Waals surface area (Å²) < 4.78 is 0.832. The number of benzene rings is 1. The van der Waals surface area contributed by atoms with E-state index in [4.69, 9.17) is 17.3 Å². The highest BCUT2D eigenvalue weighted by Crippen LogP contribution is 2.37. The molecule has 18 heavy (non-hydrogen) atoms. The lowest BCUT2D eigenvalue weighted by atomic mass is 10.1. The third kappa shape index (κ3) is 2.92. The van der Waals surface area contributed by atoms with Gasteiger partial charge in [-0.2, -0.15) is 0 Å². The van der Waals surface area contributed by atoms with E-state index in [2.05, 4.69) is 15.9 Å². The molecule has 0 heterocycles. The molecule has 1 aromatic rings. The molecule has 2 N–H and O–H groups in total. The third-order valence-electron chi connectivity index (χ3n) is 2.84. The normalized spacial score (nSPS) is 15.8. The Hall–Kier alpha value is -0.450. The lowest BCUT2D eigenvalue weighted by Gasteiger charge is -2.11. The highest BCUT2D eigenvalue weighted by Gasteiger charge is 2.28. The van der Waals surface area contributed by atoms with Crippen molar-refractivity contribution >= 4 is 50.8 Å². The third-order valence-corrected chi connectivity index (χ3v) is 5.07. The average molecular weight is 347 g/mol. The van der Waals surface area contributed by atoms with Crippen LogP contribution in [-0.4, -0.2) is 12.0 Å². The van der Waals surface area contributed by atoms with E-state index in [1.807, 2.05) is 18.4 Å². The molecule has 0 amide bonds. The van der Waals surface area contributed by atoms with Crippen LogP contribution in [0.25, 0.3) is 5.70 Å². The maximum absolute atomic E-state index is 11.7. The zero-order chi connectivity index (χ0) is 13.3. The summed E-state index contributed by atoms with van der Waals surface area (Å²) in [7, 11) is 0. The molecule has 2 rings (SSSR count). The van der Waals surface area contributed by atoms with E-state index in [1.54, 1.807) is 0 Å². The van der Waals surface area contributed by atoms with Gasteiger partial charge in [-0.25, -0.2) is 0 Å². The first-order chi connectivity index (χ1) is 8.54. The number of carbonyl (C=O) groups excluding carboxylic acids is 1. The van der Waals surface area contributed by atoms with Gasteiger partial charge >= 0.3 is 0 Å². The van der Waals surface area contributed by atoms with Crippen LogP contribution in [0.3, 0.4) is 0 Å². The van der Waals surface area contributed by atoms with Crippen LogP contribution in [0.2, 0.25) is 5.02 Å². The van der Waals surface area contributed by atoms with Crippen LogP contribution in [-0.2, 0) is 4.79 Å². The number of ketones is 1. The van der Waals surface area contributed by atoms with Crippen LogP contribution in [0.1, 0.15) is 18.4 Å². The predicted molar refractivity (Wildman–Crippen MR) is 80.8 cm³/mol. The summed E-state index contributed by atoms with van der Waals surface area (Å²) in [5.74, 6) is 0.311. The van der Waals surface area contributed by atoms with Gasteiger partial charge in [0.25, 0.3) is 0 Å². The van der Waals surface area contributed by atoms with Gasteiger partial charge in [-0.05, 0) is 41.1 Å². The Balaban J connectivity index is 2.37. The fraction of sp³-hybridized carbons (Fsp3) is 0.308. The zero-order valence-corrected chi connectivity index (χ0v) is 13.0. The lowest BCUT2D eigenvalue weighted by Crippen LogP contribution is -2.04. The Morgan fingerprint density at radius 2 is 2.22 bits per heavy atom. The number of rotatable bonds is 4. The van der Waals surface area contributed by atoms with Gasteiger partial charge in [0.05, 0.1) is 5.02 Å². The standard InChI is InChI=1S/C13H13BrClNOS/c1-18-13-8(4-5-9(14)12(13)15)10(16)6-11(17)7-2-3-7/h4-7H,2-3,16H2,1H3. The summed E-state index contributed by atoms with van der Waals surface area (Å²) in [5.41, 5.74) is 7.32. The van der Waals surface area contributed by atoms with Crippen LogP contribution in [0, 0.1) is 5.92 Å². The summed E-state index contributed by atoms with van der Waals surface area (Å²) in [6.07, 6.45) is 5.45. The molecule has 0 radical (unpaired) electrons. The molecule has 1 fully saturated rings. The Morgan fingerprint density at radius 3 is 2.78 bits per heavy atom. The molecule has 96 valence electrons. The molecule has 0 aromatic heterocycles. The monoisotopic (exact) mass is 345 g/mol. The van der Waals surface area contributed by atoms with E-state index in [9.17, 15) is 4.79 Å². The minimum Gasteiger partial charge on any atom is -0.398 e. The smallest absolute Gasteiger partial charge is 0.160 e. The second-order valence-corrected chi connectivity index (χ2v) is 6.27. The maximum atomic E-state index is 11.7. The molecule has 0 aliphatic heterocycles. The van der Waals surface area contributed by atoms with Crippen LogP contribution in [0.15, 0.2) is 27.6 Å². The molecule has 1 saturated carbocycles. The molecule has 1 aromatic carbocycles. The molecule has 1 aliphatic rings. The van der Waals surface area contributed by atoms with Crippen LogP contribution < -0.4 is 5.73 Å². The van der Waals surface area contributed by atoms with E-state index < -0.39 is 0 Å². The molecule has 0 saturated heterocycles. The van der Waals surface area contributed by atoms with Crippen molar-refractivity contribution in [3.63, 3.8) is 0 Å². The number of hydrogen-bond acceptors (Lipinski definition) is 3. The van der Waals surface area contributed by atoms with Gasteiger partial charge in [-0.3, -0.25) is 4.79 Å². The lowest BCUT2D eigenvalue weighted by molar-refractivity contribution is -0.115. The average Bonchev–Trinajstić information content (AvgIpc) is 3.16. The zero-order valence-electron chi connectivity index (χ0n) is 9.87. The molecular formula is C13H13BrClNOS. The highest BCUT2D eigenvalue weighted by atomic mass is 79.9. The number of allylic oxidation sites excluding steroid dienone is 1. The summed E-state index contributed by atoms with van der Waals surface area (Å²) in [5, 5.41) is 0.634. The van der Waals surface area contributed by atoms with E-state index in [-0.39, 0.29) is 11.7 Å². The molecule has 0 bridgehead atoms. The minimum atomic E-state index is 0.124. The van der Waals surface area contributed by atoms with Gasteiger partial charge in [0.15, 0.2) is 5.78 Å². The SMILES string of the molecule is CSc1c(C(N)=CC(=O)C2CC2)ccc(Br)c1Cl. The number of nitrogens with two attached hydrogens (primary N) is 1. The summed E-state index contributed by atoms with van der Waals surface area (Å²) >= 11 is 11.1. The maximum Gasteiger partial charge on any atom is 0.160 e. The molecule has 0 unspecified atom stereocenters. The van der Waals surface area contributed by atoms with Gasteiger partial charge < -0.3 is 5.73 Å². The van der Waals surface area contributed by atoms with Gasteiger partial charge in [0, 0.05) is 32.6 Å². The Bertz CT molecular complexity index is 526. The summed E-state index contributed by atoms with van der Waals surface area (Å²) in [6.45, 7) is 0.